The Morgan fingerprint density at radius 3 is 2.11 bits per heavy atom. The summed E-state index contributed by atoms with van der Waals surface area (Å²) in [5.41, 5.74) is -2.01. The smallest absolute Gasteiger partial charge is 0.186 e. The van der Waals surface area contributed by atoms with Crippen molar-refractivity contribution in [1.29, 1.82) is 0 Å². The predicted octanol–water partition coefficient (Wildman–Crippen LogP) is 2.90. The molecule has 6 N–H and O–H groups in total. The Balaban J connectivity index is 1.15. The molecule has 252 valence electrons. The molecular weight excluding hydrogens is 564 g/mol. The standard InChI is InChI=1S/C35H58O9/c1-29(2)22(43-28-25(40)24(39)20(38)16-42-28)9-11-35-17-34(35)13-12-31(5)27(33(7)10-8-23(44-33)30(3,4)41)19(37)15-32(31,6)21(34)14-18(36)26(29)35/h18-28,36-41H,8-17H2,1-7H3/t18-,19-,20+,21-,22-,23-,24-,25+,26-,27-,28-,31+,32-,33-,34-,35+/m0/s1. The highest BCUT2D eigenvalue weighted by Crippen LogP contribution is 2.89. The molecule has 0 aromatic carbocycles. The van der Waals surface area contributed by atoms with E-state index in [0.29, 0.717) is 18.8 Å². The normalized spacial score (nSPS) is 59.8. The van der Waals surface area contributed by atoms with Crippen LogP contribution in [0.2, 0.25) is 0 Å². The zero-order valence-corrected chi connectivity index (χ0v) is 27.8. The highest BCUT2D eigenvalue weighted by atomic mass is 16.7. The van der Waals surface area contributed by atoms with Crippen molar-refractivity contribution in [1.82, 2.24) is 0 Å². The largest absolute Gasteiger partial charge is 0.393 e. The average molecular weight is 623 g/mol. The first-order valence-electron chi connectivity index (χ1n) is 17.4. The summed E-state index contributed by atoms with van der Waals surface area (Å²) in [4.78, 5) is 0. The maximum atomic E-state index is 12.1. The maximum Gasteiger partial charge on any atom is 0.186 e. The summed E-state index contributed by atoms with van der Waals surface area (Å²) >= 11 is 0. The fraction of sp³-hybridized carbons (Fsp3) is 1.00. The van der Waals surface area contributed by atoms with Gasteiger partial charge in [-0.15, -0.1) is 0 Å². The molecule has 2 heterocycles. The highest BCUT2D eigenvalue weighted by molar-refractivity contribution is 5.33. The fourth-order valence-electron chi connectivity index (χ4n) is 13.4. The zero-order chi connectivity index (χ0) is 32.0. The monoisotopic (exact) mass is 622 g/mol. The lowest BCUT2D eigenvalue weighted by atomic mass is 9.41. The van der Waals surface area contributed by atoms with Gasteiger partial charge >= 0.3 is 0 Å². The summed E-state index contributed by atoms with van der Waals surface area (Å²) in [5, 5.41) is 65.5. The second-order valence-corrected chi connectivity index (χ2v) is 18.3. The number of hydrogen-bond acceptors (Lipinski definition) is 9. The quantitative estimate of drug-likeness (QED) is 0.260. The number of ether oxygens (including phenoxy) is 3. The molecule has 0 bridgehead atoms. The molecule has 16 atom stereocenters. The van der Waals surface area contributed by atoms with E-state index >= 15 is 0 Å². The van der Waals surface area contributed by atoms with Crippen molar-refractivity contribution >= 4 is 0 Å². The second-order valence-electron chi connectivity index (χ2n) is 18.3. The van der Waals surface area contributed by atoms with E-state index in [1.807, 2.05) is 13.8 Å². The topological polar surface area (TPSA) is 149 Å². The Kier molecular flexibility index (Phi) is 7.04. The van der Waals surface area contributed by atoms with Crippen LogP contribution in [0, 0.1) is 44.8 Å². The number of hydrogen-bond donors (Lipinski definition) is 6. The second kappa shape index (κ2) is 9.63. The first-order valence-corrected chi connectivity index (χ1v) is 17.4. The Morgan fingerprint density at radius 2 is 1.45 bits per heavy atom. The van der Waals surface area contributed by atoms with Gasteiger partial charge in [0.2, 0.25) is 0 Å². The van der Waals surface area contributed by atoms with Crippen LogP contribution in [0.3, 0.4) is 0 Å². The summed E-state index contributed by atoms with van der Waals surface area (Å²) in [6.07, 6.45) is 1.57. The van der Waals surface area contributed by atoms with E-state index in [9.17, 15) is 30.6 Å². The molecule has 5 saturated carbocycles. The van der Waals surface area contributed by atoms with Gasteiger partial charge < -0.3 is 44.8 Å². The van der Waals surface area contributed by atoms with Crippen molar-refractivity contribution < 1.29 is 44.8 Å². The van der Waals surface area contributed by atoms with E-state index in [1.54, 1.807) is 0 Å². The van der Waals surface area contributed by atoms with Gasteiger partial charge in [0.05, 0.1) is 42.2 Å². The Labute approximate surface area is 262 Å². The summed E-state index contributed by atoms with van der Waals surface area (Å²) in [5.74, 6) is 0.285. The molecule has 0 amide bonds. The van der Waals surface area contributed by atoms with Gasteiger partial charge in [0.25, 0.3) is 0 Å². The molecule has 0 radical (unpaired) electrons. The predicted molar refractivity (Wildman–Crippen MR) is 161 cm³/mol. The van der Waals surface area contributed by atoms with Crippen LogP contribution in [-0.4, -0.2) is 97.5 Å². The molecule has 0 unspecified atom stereocenters. The van der Waals surface area contributed by atoms with Gasteiger partial charge in [-0.1, -0.05) is 27.7 Å². The summed E-state index contributed by atoms with van der Waals surface area (Å²) in [6, 6.07) is 0. The molecular formula is C35H58O9. The molecule has 9 nitrogen and oxygen atoms in total. The minimum atomic E-state index is -1.33. The third-order valence-electron chi connectivity index (χ3n) is 15.5. The van der Waals surface area contributed by atoms with Crippen molar-refractivity contribution in [3.8, 4) is 0 Å². The Hall–Kier alpha value is -0.360. The molecule has 2 aliphatic heterocycles. The van der Waals surface area contributed by atoms with Crippen molar-refractivity contribution in [2.45, 2.75) is 166 Å². The third kappa shape index (κ3) is 3.97. The summed E-state index contributed by atoms with van der Waals surface area (Å²) < 4.78 is 18.7. The Morgan fingerprint density at radius 1 is 0.750 bits per heavy atom. The number of aliphatic hydroxyl groups excluding tert-OH is 5. The molecule has 7 aliphatic rings. The molecule has 2 spiro atoms. The minimum absolute atomic E-state index is 0.00753. The van der Waals surface area contributed by atoms with Crippen LogP contribution in [0.15, 0.2) is 0 Å². The van der Waals surface area contributed by atoms with Gasteiger partial charge in [0.1, 0.15) is 18.3 Å². The number of rotatable bonds is 4. The van der Waals surface area contributed by atoms with Gasteiger partial charge in [-0.3, -0.25) is 0 Å². The van der Waals surface area contributed by atoms with E-state index in [2.05, 4.69) is 34.6 Å². The van der Waals surface area contributed by atoms with E-state index in [1.165, 1.54) is 0 Å². The van der Waals surface area contributed by atoms with Crippen LogP contribution < -0.4 is 0 Å². The van der Waals surface area contributed by atoms with Crippen LogP contribution in [-0.2, 0) is 14.2 Å². The van der Waals surface area contributed by atoms with Crippen molar-refractivity contribution in [3.05, 3.63) is 0 Å². The van der Waals surface area contributed by atoms with Crippen molar-refractivity contribution in [2.24, 2.45) is 44.8 Å². The lowest BCUT2D eigenvalue weighted by molar-refractivity contribution is -0.306. The fourth-order valence-corrected chi connectivity index (χ4v) is 13.4. The zero-order valence-electron chi connectivity index (χ0n) is 27.8. The van der Waals surface area contributed by atoms with E-state index in [4.69, 9.17) is 14.2 Å². The van der Waals surface area contributed by atoms with Gasteiger partial charge in [-0.2, -0.15) is 0 Å². The summed E-state index contributed by atoms with van der Waals surface area (Å²) in [7, 11) is 0. The van der Waals surface area contributed by atoms with Crippen LogP contribution in [0.25, 0.3) is 0 Å². The highest BCUT2D eigenvalue weighted by Gasteiger charge is 2.85. The van der Waals surface area contributed by atoms with Crippen molar-refractivity contribution in [2.75, 3.05) is 6.61 Å². The van der Waals surface area contributed by atoms with E-state index < -0.39 is 53.4 Å². The van der Waals surface area contributed by atoms with Crippen LogP contribution in [0.4, 0.5) is 0 Å². The number of aliphatic hydroxyl groups is 6. The minimum Gasteiger partial charge on any atom is -0.393 e. The average Bonchev–Trinajstić information content (AvgIpc) is 3.27. The van der Waals surface area contributed by atoms with Gasteiger partial charge in [0, 0.05) is 5.92 Å². The molecule has 44 heavy (non-hydrogen) atoms. The molecule has 9 heteroatoms. The number of fused-ring (bicyclic) bond motifs is 2. The molecule has 2 saturated heterocycles. The van der Waals surface area contributed by atoms with E-state index in [0.717, 1.165) is 44.9 Å². The molecule has 7 fully saturated rings. The molecule has 0 aromatic heterocycles. The van der Waals surface area contributed by atoms with Gasteiger partial charge in [-0.25, -0.2) is 0 Å². The van der Waals surface area contributed by atoms with Crippen LogP contribution >= 0.6 is 0 Å². The first-order chi connectivity index (χ1) is 20.3. The van der Waals surface area contributed by atoms with Gasteiger partial charge in [-0.05, 0) is 117 Å². The first kappa shape index (κ1) is 32.2. The summed E-state index contributed by atoms with van der Waals surface area (Å²) in [6.45, 7) is 14.8. The van der Waals surface area contributed by atoms with Gasteiger partial charge in [0.15, 0.2) is 6.29 Å². The van der Waals surface area contributed by atoms with E-state index in [-0.39, 0.29) is 52.3 Å². The van der Waals surface area contributed by atoms with Crippen LogP contribution in [0.5, 0.6) is 0 Å². The molecule has 0 aromatic rings. The maximum absolute atomic E-state index is 12.1. The molecule has 7 rings (SSSR count). The third-order valence-corrected chi connectivity index (χ3v) is 15.5. The molecule has 5 aliphatic carbocycles. The SMILES string of the molecule is CC(C)(O)[C@@H]1CC[C@@](C)([C@H]2[C@@H](O)C[C@@]3(C)[C@@H]4C[C@H](O)[C@H]5C(C)(C)[C@@H](O[C@@H]6OC[C@@H](O)[C@H](O)[C@H]6O)CC[C@@]56C[C@@]46CC[C@]23C)O1. The van der Waals surface area contributed by atoms with Crippen LogP contribution in [0.1, 0.15) is 106 Å². The van der Waals surface area contributed by atoms with Crippen molar-refractivity contribution in [3.63, 3.8) is 0 Å². The Bertz CT molecular complexity index is 1160. The lowest BCUT2D eigenvalue weighted by Gasteiger charge is -2.64. The lowest BCUT2D eigenvalue weighted by Crippen LogP contribution is -2.63.